The molecule has 0 aromatic heterocycles. The fraction of sp³-hybridized carbons (Fsp3) is 1.00. The third kappa shape index (κ3) is 8.10. The second kappa shape index (κ2) is 8.16. The molecule has 0 saturated carbocycles. The third-order valence-electron chi connectivity index (χ3n) is 3.80. The van der Waals surface area contributed by atoms with Gasteiger partial charge in [-0.05, 0) is 76.2 Å². The van der Waals surface area contributed by atoms with Crippen molar-refractivity contribution in [1.29, 1.82) is 0 Å². The lowest BCUT2D eigenvalue weighted by molar-refractivity contribution is 0.293. The number of nitrogens with one attached hydrogen (secondary N) is 1. The minimum absolute atomic E-state index is 0.481. The van der Waals surface area contributed by atoms with Crippen LogP contribution in [0.1, 0.15) is 59.8 Å². The molecule has 2 nitrogen and oxygen atoms in total. The molecule has 1 atom stereocenters. The maximum absolute atomic E-state index is 3.60. The van der Waals surface area contributed by atoms with Crippen molar-refractivity contribution in [3.05, 3.63) is 0 Å². The molecule has 1 heterocycles. The van der Waals surface area contributed by atoms with Gasteiger partial charge >= 0.3 is 0 Å². The van der Waals surface area contributed by atoms with Gasteiger partial charge in [-0.3, -0.25) is 0 Å². The van der Waals surface area contributed by atoms with Crippen molar-refractivity contribution in [2.75, 3.05) is 32.7 Å². The number of rotatable bonds is 8. The summed E-state index contributed by atoms with van der Waals surface area (Å²) in [5, 5.41) is 3.60. The van der Waals surface area contributed by atoms with Gasteiger partial charge in [-0.25, -0.2) is 0 Å². The molecule has 1 aliphatic heterocycles. The summed E-state index contributed by atoms with van der Waals surface area (Å²) >= 11 is 0. The summed E-state index contributed by atoms with van der Waals surface area (Å²) in [5.74, 6) is 0.844. The van der Waals surface area contributed by atoms with Crippen LogP contribution >= 0.6 is 0 Å². The number of likely N-dealkylation sites (tertiary alicyclic amines) is 1. The van der Waals surface area contributed by atoms with E-state index in [0.29, 0.717) is 5.41 Å². The van der Waals surface area contributed by atoms with Crippen molar-refractivity contribution in [3.8, 4) is 0 Å². The SMILES string of the molecule is CC(CCNCCCN1CCCC1)CC(C)(C)C. The molecule has 0 amide bonds. The van der Waals surface area contributed by atoms with Gasteiger partial charge in [0.1, 0.15) is 0 Å². The molecule has 0 bridgehead atoms. The van der Waals surface area contributed by atoms with E-state index in [2.05, 4.69) is 37.9 Å². The van der Waals surface area contributed by atoms with Crippen LogP contribution in [-0.4, -0.2) is 37.6 Å². The fourth-order valence-corrected chi connectivity index (χ4v) is 3.05. The molecular weight excluding hydrogens is 220 g/mol. The van der Waals surface area contributed by atoms with Crippen LogP contribution in [0.5, 0.6) is 0 Å². The van der Waals surface area contributed by atoms with Crippen LogP contribution < -0.4 is 5.32 Å². The van der Waals surface area contributed by atoms with E-state index >= 15 is 0 Å². The standard InChI is InChI=1S/C16H34N2/c1-15(14-16(2,3)4)8-10-17-9-7-13-18-11-5-6-12-18/h15,17H,5-14H2,1-4H3. The van der Waals surface area contributed by atoms with Gasteiger partial charge in [-0.15, -0.1) is 0 Å². The first-order valence-corrected chi connectivity index (χ1v) is 7.90. The normalized spacial score (nSPS) is 19.3. The maximum atomic E-state index is 3.60. The number of nitrogens with zero attached hydrogens (tertiary/aromatic N) is 1. The van der Waals surface area contributed by atoms with Gasteiger partial charge in [0, 0.05) is 0 Å². The van der Waals surface area contributed by atoms with Crippen LogP contribution in [0.15, 0.2) is 0 Å². The number of hydrogen-bond donors (Lipinski definition) is 1. The van der Waals surface area contributed by atoms with Gasteiger partial charge in [-0.1, -0.05) is 27.7 Å². The van der Waals surface area contributed by atoms with Crippen LogP contribution in [0.25, 0.3) is 0 Å². The lowest BCUT2D eigenvalue weighted by Crippen LogP contribution is -2.26. The van der Waals surface area contributed by atoms with Crippen molar-refractivity contribution >= 4 is 0 Å². The van der Waals surface area contributed by atoms with E-state index < -0.39 is 0 Å². The van der Waals surface area contributed by atoms with Crippen LogP contribution in [0.2, 0.25) is 0 Å². The van der Waals surface area contributed by atoms with Crippen LogP contribution in [0, 0.1) is 11.3 Å². The second-order valence-electron chi connectivity index (χ2n) is 7.31. The van der Waals surface area contributed by atoms with E-state index in [1.165, 1.54) is 64.8 Å². The fourth-order valence-electron chi connectivity index (χ4n) is 3.05. The highest BCUT2D eigenvalue weighted by Gasteiger charge is 2.14. The highest BCUT2D eigenvalue weighted by atomic mass is 15.1. The topological polar surface area (TPSA) is 15.3 Å². The van der Waals surface area contributed by atoms with Gasteiger partial charge in [-0.2, -0.15) is 0 Å². The molecule has 0 aromatic rings. The second-order valence-corrected chi connectivity index (χ2v) is 7.31. The van der Waals surface area contributed by atoms with Crippen molar-refractivity contribution in [1.82, 2.24) is 10.2 Å². The van der Waals surface area contributed by atoms with Gasteiger partial charge < -0.3 is 10.2 Å². The predicted octanol–water partition coefficient (Wildman–Crippen LogP) is 3.52. The molecule has 1 rings (SSSR count). The first kappa shape index (κ1) is 16.0. The Morgan fingerprint density at radius 1 is 1.11 bits per heavy atom. The molecule has 0 spiro atoms. The smallest absolute Gasteiger partial charge is 0.000664 e. The first-order valence-electron chi connectivity index (χ1n) is 7.90. The molecule has 1 unspecified atom stereocenters. The van der Waals surface area contributed by atoms with Crippen LogP contribution in [-0.2, 0) is 0 Å². The third-order valence-corrected chi connectivity index (χ3v) is 3.80. The van der Waals surface area contributed by atoms with Crippen molar-refractivity contribution < 1.29 is 0 Å². The largest absolute Gasteiger partial charge is 0.317 e. The molecule has 18 heavy (non-hydrogen) atoms. The zero-order valence-corrected chi connectivity index (χ0v) is 13.1. The Morgan fingerprint density at radius 2 is 1.78 bits per heavy atom. The molecule has 1 aliphatic rings. The maximum Gasteiger partial charge on any atom is -0.000664 e. The summed E-state index contributed by atoms with van der Waals surface area (Å²) in [5.41, 5.74) is 0.481. The summed E-state index contributed by atoms with van der Waals surface area (Å²) in [6.07, 6.45) is 6.80. The lowest BCUT2D eigenvalue weighted by atomic mass is 9.84. The summed E-state index contributed by atoms with van der Waals surface area (Å²) in [6, 6.07) is 0. The summed E-state index contributed by atoms with van der Waals surface area (Å²) in [7, 11) is 0. The molecule has 1 N–H and O–H groups in total. The highest BCUT2D eigenvalue weighted by Crippen LogP contribution is 2.25. The monoisotopic (exact) mass is 254 g/mol. The van der Waals surface area contributed by atoms with Crippen LogP contribution in [0.3, 0.4) is 0 Å². The average Bonchev–Trinajstić information content (AvgIpc) is 2.73. The van der Waals surface area contributed by atoms with Crippen molar-refractivity contribution in [2.24, 2.45) is 11.3 Å². The highest BCUT2D eigenvalue weighted by molar-refractivity contribution is 4.68. The van der Waals surface area contributed by atoms with E-state index in [9.17, 15) is 0 Å². The molecule has 108 valence electrons. The van der Waals surface area contributed by atoms with Gasteiger partial charge in [0.05, 0.1) is 0 Å². The summed E-state index contributed by atoms with van der Waals surface area (Å²) in [6.45, 7) is 15.8. The molecule has 0 aromatic carbocycles. The average molecular weight is 254 g/mol. The van der Waals surface area contributed by atoms with Gasteiger partial charge in [0.25, 0.3) is 0 Å². The van der Waals surface area contributed by atoms with Crippen molar-refractivity contribution in [3.63, 3.8) is 0 Å². The Labute approximate surface area is 115 Å². The summed E-state index contributed by atoms with van der Waals surface area (Å²) in [4.78, 5) is 2.60. The Morgan fingerprint density at radius 3 is 2.39 bits per heavy atom. The molecule has 1 saturated heterocycles. The Hall–Kier alpha value is -0.0800. The van der Waals surface area contributed by atoms with Crippen LogP contribution in [0.4, 0.5) is 0 Å². The van der Waals surface area contributed by atoms with Crippen molar-refractivity contribution in [2.45, 2.75) is 59.8 Å². The van der Waals surface area contributed by atoms with Gasteiger partial charge in [0.2, 0.25) is 0 Å². The quantitative estimate of drug-likeness (QED) is 0.667. The number of hydrogen-bond acceptors (Lipinski definition) is 2. The Bertz CT molecular complexity index is 202. The van der Waals surface area contributed by atoms with E-state index in [1.54, 1.807) is 0 Å². The predicted molar refractivity (Wildman–Crippen MR) is 81.0 cm³/mol. The Kier molecular flexibility index (Phi) is 7.25. The van der Waals surface area contributed by atoms with E-state index in [-0.39, 0.29) is 0 Å². The van der Waals surface area contributed by atoms with E-state index in [0.717, 1.165) is 5.92 Å². The first-order chi connectivity index (χ1) is 8.47. The molecule has 2 heteroatoms. The van der Waals surface area contributed by atoms with E-state index in [1.807, 2.05) is 0 Å². The molecule has 1 fully saturated rings. The minimum Gasteiger partial charge on any atom is -0.317 e. The molecule has 0 aliphatic carbocycles. The van der Waals surface area contributed by atoms with E-state index in [4.69, 9.17) is 0 Å². The minimum atomic E-state index is 0.481. The zero-order chi connectivity index (χ0) is 13.4. The van der Waals surface area contributed by atoms with Gasteiger partial charge in [0.15, 0.2) is 0 Å². The molecule has 0 radical (unpaired) electrons. The molecular formula is C16H34N2. The lowest BCUT2D eigenvalue weighted by Gasteiger charge is -2.23. The Balaban J connectivity index is 1.88. The zero-order valence-electron chi connectivity index (χ0n) is 13.1. The summed E-state index contributed by atoms with van der Waals surface area (Å²) < 4.78 is 0.